The number of benzene rings is 3. The van der Waals surface area contributed by atoms with E-state index in [0.29, 0.717) is 39.0 Å². The Morgan fingerprint density at radius 1 is 0.906 bits per heavy atom. The molecule has 2 heterocycles. The first-order valence-electron chi connectivity index (χ1n) is 9.70. The zero-order valence-corrected chi connectivity index (χ0v) is 17.4. The minimum atomic E-state index is -0.520. The van der Waals surface area contributed by atoms with E-state index >= 15 is 0 Å². The zero-order valence-electron chi connectivity index (χ0n) is 16.5. The van der Waals surface area contributed by atoms with Crippen LogP contribution in [0.4, 0.5) is 8.78 Å². The third kappa shape index (κ3) is 3.80. The first-order chi connectivity index (χ1) is 15.6. The Morgan fingerprint density at radius 2 is 1.66 bits per heavy atom. The number of hydrogen-bond acceptors (Lipinski definition) is 5. The smallest absolute Gasteiger partial charge is 0.266 e. The molecule has 0 unspecified atom stereocenters. The monoisotopic (exact) mass is 447 g/mol. The Kier molecular flexibility index (Phi) is 5.28. The maximum atomic E-state index is 14.6. The third-order valence-electron chi connectivity index (χ3n) is 4.83. The van der Waals surface area contributed by atoms with Gasteiger partial charge in [-0.1, -0.05) is 36.0 Å². The molecule has 0 amide bonds. The molecule has 0 spiro atoms. The molecule has 5 rings (SSSR count). The van der Waals surface area contributed by atoms with Crippen LogP contribution in [0.2, 0.25) is 0 Å². The van der Waals surface area contributed by atoms with Gasteiger partial charge in [-0.25, -0.2) is 18.7 Å². The fourth-order valence-corrected chi connectivity index (χ4v) is 4.17. The Hall–Kier alpha value is -3.78. The van der Waals surface area contributed by atoms with Gasteiger partial charge < -0.3 is 4.42 Å². The molecule has 0 radical (unpaired) electrons. The lowest BCUT2D eigenvalue weighted by Crippen LogP contribution is -2.22. The van der Waals surface area contributed by atoms with Gasteiger partial charge in [0, 0.05) is 11.3 Å². The number of oxazole rings is 1. The van der Waals surface area contributed by atoms with Crippen LogP contribution >= 0.6 is 11.8 Å². The van der Waals surface area contributed by atoms with Gasteiger partial charge >= 0.3 is 0 Å². The Morgan fingerprint density at radius 3 is 2.47 bits per heavy atom. The van der Waals surface area contributed by atoms with Crippen LogP contribution < -0.4 is 5.56 Å². The van der Waals surface area contributed by atoms with Crippen molar-refractivity contribution in [2.24, 2.45) is 0 Å². The van der Waals surface area contributed by atoms with Crippen molar-refractivity contribution in [3.8, 4) is 17.1 Å². The van der Waals surface area contributed by atoms with E-state index in [1.165, 1.54) is 40.8 Å². The van der Waals surface area contributed by atoms with E-state index < -0.39 is 5.82 Å². The highest BCUT2D eigenvalue weighted by molar-refractivity contribution is 7.98. The van der Waals surface area contributed by atoms with Crippen LogP contribution in [0, 0.1) is 11.6 Å². The number of nitrogens with zero attached hydrogens (tertiary/aromatic N) is 3. The summed E-state index contributed by atoms with van der Waals surface area (Å²) in [6, 6.07) is 18.9. The van der Waals surface area contributed by atoms with Gasteiger partial charge in [0.2, 0.25) is 5.89 Å². The van der Waals surface area contributed by atoms with Crippen LogP contribution in [0.1, 0.15) is 5.69 Å². The molecule has 0 bridgehead atoms. The number of hydrogen-bond donors (Lipinski definition) is 0. The van der Waals surface area contributed by atoms with Crippen molar-refractivity contribution >= 4 is 22.7 Å². The van der Waals surface area contributed by atoms with Crippen molar-refractivity contribution in [2.45, 2.75) is 10.9 Å². The van der Waals surface area contributed by atoms with Crippen molar-refractivity contribution in [2.75, 3.05) is 0 Å². The van der Waals surface area contributed by atoms with Crippen molar-refractivity contribution in [3.05, 3.63) is 107 Å². The predicted octanol–water partition coefficient (Wildman–Crippen LogP) is 5.61. The van der Waals surface area contributed by atoms with E-state index in [0.717, 1.165) is 0 Å². The van der Waals surface area contributed by atoms with Gasteiger partial charge in [-0.3, -0.25) is 9.36 Å². The summed E-state index contributed by atoms with van der Waals surface area (Å²) in [5, 5.41) is 0.741. The van der Waals surface area contributed by atoms with Crippen molar-refractivity contribution in [3.63, 3.8) is 0 Å². The number of halogens is 2. The van der Waals surface area contributed by atoms with Gasteiger partial charge in [0.15, 0.2) is 5.16 Å². The highest BCUT2D eigenvalue weighted by Gasteiger charge is 2.17. The van der Waals surface area contributed by atoms with Gasteiger partial charge in [0.1, 0.15) is 17.9 Å². The van der Waals surface area contributed by atoms with Gasteiger partial charge in [-0.05, 0) is 48.5 Å². The number of fused-ring (bicyclic) bond motifs is 1. The summed E-state index contributed by atoms with van der Waals surface area (Å²) in [4.78, 5) is 22.2. The normalized spacial score (nSPS) is 11.2. The molecule has 0 N–H and O–H groups in total. The minimum Gasteiger partial charge on any atom is -0.444 e. The molecule has 3 aromatic carbocycles. The van der Waals surface area contributed by atoms with Crippen LogP contribution in [0.3, 0.4) is 0 Å². The minimum absolute atomic E-state index is 0.130. The topological polar surface area (TPSA) is 60.9 Å². The van der Waals surface area contributed by atoms with E-state index in [9.17, 15) is 13.6 Å². The number of para-hydroxylation sites is 2. The summed E-state index contributed by atoms with van der Waals surface area (Å²) >= 11 is 1.25. The molecule has 0 aliphatic rings. The summed E-state index contributed by atoms with van der Waals surface area (Å²) in [5.41, 5.74) is 1.56. The number of aromatic nitrogens is 3. The quantitative estimate of drug-likeness (QED) is 0.259. The molecule has 0 saturated heterocycles. The van der Waals surface area contributed by atoms with Crippen molar-refractivity contribution < 1.29 is 13.2 Å². The van der Waals surface area contributed by atoms with E-state index in [1.54, 1.807) is 54.6 Å². The van der Waals surface area contributed by atoms with Crippen molar-refractivity contribution in [1.82, 2.24) is 14.5 Å². The van der Waals surface area contributed by atoms with Gasteiger partial charge in [0.05, 0.1) is 22.3 Å². The fourth-order valence-electron chi connectivity index (χ4n) is 3.29. The molecule has 0 saturated carbocycles. The lowest BCUT2D eigenvalue weighted by molar-refractivity contribution is 0.572. The second-order valence-corrected chi connectivity index (χ2v) is 7.89. The Labute approximate surface area is 185 Å². The summed E-state index contributed by atoms with van der Waals surface area (Å²) in [5.74, 6) is -0.166. The second-order valence-electron chi connectivity index (χ2n) is 6.94. The highest BCUT2D eigenvalue weighted by Crippen LogP contribution is 2.27. The van der Waals surface area contributed by atoms with Crippen molar-refractivity contribution in [1.29, 1.82) is 0 Å². The first kappa shape index (κ1) is 20.1. The molecule has 8 heteroatoms. The zero-order chi connectivity index (χ0) is 22.1. The molecule has 5 nitrogen and oxygen atoms in total. The average molecular weight is 447 g/mol. The maximum absolute atomic E-state index is 14.6. The van der Waals surface area contributed by atoms with Crippen LogP contribution in [0.5, 0.6) is 0 Å². The predicted molar refractivity (Wildman–Crippen MR) is 119 cm³/mol. The number of thioether (sulfide) groups is 1. The van der Waals surface area contributed by atoms with Crippen LogP contribution in [0.25, 0.3) is 28.0 Å². The van der Waals surface area contributed by atoms with E-state index in [-0.39, 0.29) is 17.1 Å². The average Bonchev–Trinajstić information content (AvgIpc) is 3.28. The molecule has 2 aromatic heterocycles. The highest BCUT2D eigenvalue weighted by atomic mass is 32.2. The van der Waals surface area contributed by atoms with Crippen LogP contribution in [-0.4, -0.2) is 14.5 Å². The summed E-state index contributed by atoms with van der Waals surface area (Å²) in [6.45, 7) is 0. The Balaban J connectivity index is 1.52. The molecule has 0 fully saturated rings. The second kappa shape index (κ2) is 8.39. The lowest BCUT2D eigenvalue weighted by atomic mass is 10.2. The van der Waals surface area contributed by atoms with Crippen LogP contribution in [-0.2, 0) is 5.75 Å². The molecule has 158 valence electrons. The van der Waals surface area contributed by atoms with Gasteiger partial charge in [0.25, 0.3) is 5.56 Å². The molecule has 0 aliphatic carbocycles. The summed E-state index contributed by atoms with van der Waals surface area (Å²) in [7, 11) is 0. The van der Waals surface area contributed by atoms with Crippen LogP contribution in [0.15, 0.2) is 93.4 Å². The number of rotatable bonds is 5. The van der Waals surface area contributed by atoms with E-state index in [4.69, 9.17) is 4.42 Å². The van der Waals surface area contributed by atoms with E-state index in [2.05, 4.69) is 9.97 Å². The molecular formula is C24H15F2N3O2S. The molecule has 5 aromatic rings. The summed E-state index contributed by atoms with van der Waals surface area (Å²) < 4.78 is 34.5. The van der Waals surface area contributed by atoms with E-state index in [1.807, 2.05) is 0 Å². The fraction of sp³-hybridized carbons (Fsp3) is 0.0417. The van der Waals surface area contributed by atoms with Gasteiger partial charge in [-0.15, -0.1) is 0 Å². The van der Waals surface area contributed by atoms with Gasteiger partial charge in [-0.2, -0.15) is 0 Å². The maximum Gasteiger partial charge on any atom is 0.266 e. The standard InChI is InChI=1S/C24H15F2N3O2S/c25-16-11-9-15(10-12-16)22-27-17(13-31-22)14-32-24-28-20-7-3-1-5-18(20)23(30)29(24)21-8-4-2-6-19(21)26/h1-13H,14H2. The summed E-state index contributed by atoms with van der Waals surface area (Å²) in [6.07, 6.45) is 1.50. The largest absolute Gasteiger partial charge is 0.444 e. The third-order valence-corrected chi connectivity index (χ3v) is 5.80. The lowest BCUT2D eigenvalue weighted by Gasteiger charge is -2.13. The molecule has 0 aliphatic heterocycles. The SMILES string of the molecule is O=c1c2ccccc2nc(SCc2coc(-c3ccc(F)cc3)n2)n1-c1ccccc1F. The first-order valence-corrected chi connectivity index (χ1v) is 10.7. The molecular weight excluding hydrogens is 432 g/mol. The molecule has 32 heavy (non-hydrogen) atoms. The molecule has 0 atom stereocenters. The Bertz CT molecular complexity index is 1480.